The summed E-state index contributed by atoms with van der Waals surface area (Å²) in [6.45, 7) is 7.47. The fraction of sp³-hybridized carbons (Fsp3) is 0.615. The Hall–Kier alpha value is -1.69. The minimum atomic E-state index is 0.419. The van der Waals surface area contributed by atoms with Crippen molar-refractivity contribution in [1.82, 2.24) is 20.3 Å². The van der Waals surface area contributed by atoms with Crippen LogP contribution in [0.4, 0.5) is 5.82 Å². The molecule has 0 spiro atoms. The molecule has 3 heterocycles. The molecule has 0 aliphatic carbocycles. The fourth-order valence-corrected chi connectivity index (χ4v) is 2.71. The SMILES string of the molecule is CCN1CCC[C@@H](Nc2nncc3onc(C)c23)C1. The third-order valence-electron chi connectivity index (χ3n) is 3.75. The van der Waals surface area contributed by atoms with Crippen molar-refractivity contribution in [3.05, 3.63) is 11.9 Å². The predicted molar refractivity (Wildman–Crippen MR) is 73.1 cm³/mol. The highest BCUT2D eigenvalue weighted by molar-refractivity contribution is 5.89. The smallest absolute Gasteiger partial charge is 0.190 e. The lowest BCUT2D eigenvalue weighted by Crippen LogP contribution is -2.42. The van der Waals surface area contributed by atoms with Gasteiger partial charge in [0, 0.05) is 12.6 Å². The van der Waals surface area contributed by atoms with Crippen LogP contribution in [0.1, 0.15) is 25.5 Å². The molecule has 1 saturated heterocycles. The molecule has 3 rings (SSSR count). The number of piperidine rings is 1. The van der Waals surface area contributed by atoms with E-state index in [1.165, 1.54) is 19.4 Å². The number of fused-ring (bicyclic) bond motifs is 1. The minimum Gasteiger partial charge on any atom is -0.364 e. The highest BCUT2D eigenvalue weighted by Crippen LogP contribution is 2.25. The van der Waals surface area contributed by atoms with Crippen molar-refractivity contribution in [2.75, 3.05) is 25.0 Å². The average molecular weight is 261 g/mol. The molecular formula is C13H19N5O. The van der Waals surface area contributed by atoms with Crippen LogP contribution in [0.25, 0.3) is 11.0 Å². The van der Waals surface area contributed by atoms with Crippen LogP contribution in [0, 0.1) is 6.92 Å². The predicted octanol–water partition coefficient (Wildman–Crippen LogP) is 1.82. The van der Waals surface area contributed by atoms with E-state index in [2.05, 4.69) is 32.5 Å². The Morgan fingerprint density at radius 2 is 2.42 bits per heavy atom. The van der Waals surface area contributed by atoms with Crippen molar-refractivity contribution in [3.63, 3.8) is 0 Å². The molecule has 2 aromatic rings. The van der Waals surface area contributed by atoms with Gasteiger partial charge in [0.15, 0.2) is 11.4 Å². The first kappa shape index (κ1) is 12.3. The van der Waals surface area contributed by atoms with Gasteiger partial charge in [-0.05, 0) is 32.9 Å². The van der Waals surface area contributed by atoms with Crippen LogP contribution in [0.5, 0.6) is 0 Å². The zero-order chi connectivity index (χ0) is 13.2. The van der Waals surface area contributed by atoms with E-state index in [-0.39, 0.29) is 0 Å². The Labute approximate surface area is 112 Å². The van der Waals surface area contributed by atoms with Gasteiger partial charge in [-0.3, -0.25) is 0 Å². The molecule has 1 N–H and O–H groups in total. The van der Waals surface area contributed by atoms with E-state index in [4.69, 9.17) is 4.52 Å². The Balaban J connectivity index is 1.83. The maximum atomic E-state index is 5.22. The van der Waals surface area contributed by atoms with E-state index in [1.807, 2.05) is 6.92 Å². The Morgan fingerprint density at radius 1 is 1.53 bits per heavy atom. The zero-order valence-electron chi connectivity index (χ0n) is 11.4. The second-order valence-electron chi connectivity index (χ2n) is 5.08. The summed E-state index contributed by atoms with van der Waals surface area (Å²) in [6, 6.07) is 0.419. The maximum Gasteiger partial charge on any atom is 0.190 e. The number of nitrogens with one attached hydrogen (secondary N) is 1. The highest BCUT2D eigenvalue weighted by Gasteiger charge is 2.21. The second-order valence-corrected chi connectivity index (χ2v) is 5.08. The van der Waals surface area contributed by atoms with E-state index in [1.54, 1.807) is 6.20 Å². The summed E-state index contributed by atoms with van der Waals surface area (Å²) in [4.78, 5) is 2.45. The van der Waals surface area contributed by atoms with Crippen molar-refractivity contribution in [1.29, 1.82) is 0 Å². The lowest BCUT2D eigenvalue weighted by molar-refractivity contribution is 0.226. The van der Waals surface area contributed by atoms with E-state index < -0.39 is 0 Å². The maximum absolute atomic E-state index is 5.22. The molecule has 0 unspecified atom stereocenters. The van der Waals surface area contributed by atoms with Crippen molar-refractivity contribution in [2.45, 2.75) is 32.7 Å². The molecular weight excluding hydrogens is 242 g/mol. The van der Waals surface area contributed by atoms with E-state index in [9.17, 15) is 0 Å². The number of aromatic nitrogens is 3. The molecule has 1 aliphatic rings. The van der Waals surface area contributed by atoms with E-state index in [0.29, 0.717) is 11.6 Å². The molecule has 0 bridgehead atoms. The van der Waals surface area contributed by atoms with E-state index >= 15 is 0 Å². The number of rotatable bonds is 3. The van der Waals surface area contributed by atoms with Gasteiger partial charge >= 0.3 is 0 Å². The monoisotopic (exact) mass is 261 g/mol. The third-order valence-corrected chi connectivity index (χ3v) is 3.75. The number of aryl methyl sites for hydroxylation is 1. The quantitative estimate of drug-likeness (QED) is 0.909. The van der Waals surface area contributed by atoms with Crippen LogP contribution in [0.15, 0.2) is 10.7 Å². The number of hydrogen-bond acceptors (Lipinski definition) is 6. The van der Waals surface area contributed by atoms with Crippen molar-refractivity contribution in [2.24, 2.45) is 0 Å². The Kier molecular flexibility index (Phi) is 3.33. The summed E-state index contributed by atoms with van der Waals surface area (Å²) in [5, 5.41) is 16.6. The fourth-order valence-electron chi connectivity index (χ4n) is 2.71. The van der Waals surface area contributed by atoms with Gasteiger partial charge in [-0.15, -0.1) is 5.10 Å². The molecule has 2 aromatic heterocycles. The van der Waals surface area contributed by atoms with Gasteiger partial charge in [0.2, 0.25) is 0 Å². The Morgan fingerprint density at radius 3 is 3.26 bits per heavy atom. The highest BCUT2D eigenvalue weighted by atomic mass is 16.5. The van der Waals surface area contributed by atoms with Gasteiger partial charge in [-0.2, -0.15) is 5.10 Å². The lowest BCUT2D eigenvalue weighted by atomic mass is 10.1. The van der Waals surface area contributed by atoms with E-state index in [0.717, 1.165) is 30.0 Å². The van der Waals surface area contributed by atoms with Crippen molar-refractivity contribution >= 4 is 16.8 Å². The number of likely N-dealkylation sites (N-methyl/N-ethyl adjacent to an activating group) is 1. The number of nitrogens with zero attached hydrogens (tertiary/aromatic N) is 4. The van der Waals surface area contributed by atoms with Crippen LogP contribution in [-0.4, -0.2) is 45.9 Å². The summed E-state index contributed by atoms with van der Waals surface area (Å²) in [5.41, 5.74) is 1.55. The summed E-state index contributed by atoms with van der Waals surface area (Å²) in [6.07, 6.45) is 4.00. The molecule has 102 valence electrons. The van der Waals surface area contributed by atoms with Crippen LogP contribution in [0.3, 0.4) is 0 Å². The van der Waals surface area contributed by atoms with Crippen molar-refractivity contribution in [3.8, 4) is 0 Å². The summed E-state index contributed by atoms with van der Waals surface area (Å²) in [5.74, 6) is 0.791. The molecule has 1 atom stereocenters. The van der Waals surface area contributed by atoms with Gasteiger partial charge in [0.25, 0.3) is 0 Å². The van der Waals surface area contributed by atoms with Crippen LogP contribution < -0.4 is 5.32 Å². The molecule has 1 fully saturated rings. The Bertz CT molecular complexity index is 567. The first-order chi connectivity index (χ1) is 9.28. The third kappa shape index (κ3) is 2.40. The number of likely N-dealkylation sites (tertiary alicyclic amines) is 1. The summed E-state index contributed by atoms with van der Waals surface area (Å²) < 4.78 is 5.22. The molecule has 0 radical (unpaired) electrons. The van der Waals surface area contributed by atoms with Gasteiger partial charge in [0.1, 0.15) is 0 Å². The molecule has 0 saturated carbocycles. The molecule has 19 heavy (non-hydrogen) atoms. The van der Waals surface area contributed by atoms with Gasteiger partial charge in [-0.1, -0.05) is 12.1 Å². The number of hydrogen-bond donors (Lipinski definition) is 1. The topological polar surface area (TPSA) is 67.1 Å². The van der Waals surface area contributed by atoms with Gasteiger partial charge in [0.05, 0.1) is 17.3 Å². The first-order valence-electron chi connectivity index (χ1n) is 6.84. The molecule has 6 nitrogen and oxygen atoms in total. The summed E-state index contributed by atoms with van der Waals surface area (Å²) in [7, 11) is 0. The average Bonchev–Trinajstić information content (AvgIpc) is 2.82. The van der Waals surface area contributed by atoms with Crippen LogP contribution >= 0.6 is 0 Å². The molecule has 0 amide bonds. The van der Waals surface area contributed by atoms with Gasteiger partial charge < -0.3 is 14.7 Å². The van der Waals surface area contributed by atoms with Crippen LogP contribution in [0.2, 0.25) is 0 Å². The standard InChI is InChI=1S/C13H19N5O/c1-3-18-6-4-5-10(8-18)15-13-12-9(2)17-19-11(12)7-14-16-13/h7,10H,3-6,8H2,1-2H3,(H,15,16)/t10-/m1/s1. The van der Waals surface area contributed by atoms with Gasteiger partial charge in [-0.25, -0.2) is 0 Å². The van der Waals surface area contributed by atoms with Crippen molar-refractivity contribution < 1.29 is 4.52 Å². The molecule has 0 aromatic carbocycles. The largest absolute Gasteiger partial charge is 0.364 e. The lowest BCUT2D eigenvalue weighted by Gasteiger charge is -2.32. The first-order valence-corrected chi connectivity index (χ1v) is 6.84. The second kappa shape index (κ2) is 5.13. The molecule has 1 aliphatic heterocycles. The number of anilines is 1. The molecule has 6 heteroatoms. The minimum absolute atomic E-state index is 0.419. The van der Waals surface area contributed by atoms with Crippen LogP contribution in [-0.2, 0) is 0 Å². The summed E-state index contributed by atoms with van der Waals surface area (Å²) >= 11 is 0. The zero-order valence-corrected chi connectivity index (χ0v) is 11.4. The normalized spacial score (nSPS) is 20.8.